The van der Waals surface area contributed by atoms with E-state index in [-0.39, 0.29) is 5.41 Å². The van der Waals surface area contributed by atoms with Gasteiger partial charge in [-0.25, -0.2) is 0 Å². The maximum Gasteiger partial charge on any atom is 0.298 e. The molecule has 2 aromatic rings. The summed E-state index contributed by atoms with van der Waals surface area (Å²) in [7, 11) is 0. The molecule has 21 heavy (non-hydrogen) atoms. The minimum absolute atomic E-state index is 0.275. The largest absolute Gasteiger partial charge is 0.423 e. The van der Waals surface area contributed by atoms with Crippen LogP contribution in [0.1, 0.15) is 23.2 Å². The van der Waals surface area contributed by atoms with Crippen LogP contribution in [-0.4, -0.2) is 37.2 Å². The summed E-state index contributed by atoms with van der Waals surface area (Å²) in [5.41, 5.74) is 7.35. The van der Waals surface area contributed by atoms with Gasteiger partial charge >= 0.3 is 0 Å². The molecule has 1 aromatic carbocycles. The van der Waals surface area contributed by atoms with Crippen molar-refractivity contribution in [2.45, 2.75) is 12.8 Å². The lowest BCUT2D eigenvalue weighted by atomic mass is 9.76. The number of amides is 1. The normalized spacial score (nSPS) is 20.7. The van der Waals surface area contributed by atoms with Gasteiger partial charge in [0.25, 0.3) is 6.01 Å². The zero-order chi connectivity index (χ0) is 14.4. The third-order valence-electron chi connectivity index (χ3n) is 4.39. The minimum Gasteiger partial charge on any atom is -0.423 e. The molecule has 2 saturated heterocycles. The number of primary amides is 1. The third-order valence-corrected chi connectivity index (χ3v) is 4.39. The molecule has 1 amide bonds. The van der Waals surface area contributed by atoms with Crippen LogP contribution in [0.5, 0.6) is 0 Å². The molecule has 2 N–H and O–H groups in total. The molecule has 110 valence electrons. The Morgan fingerprint density at radius 2 is 2.24 bits per heavy atom. The Morgan fingerprint density at radius 1 is 1.38 bits per heavy atom. The lowest BCUT2D eigenvalue weighted by Crippen LogP contribution is -2.60. The molecular formula is C15H17N3O3. The number of nitrogens with zero attached hydrogens (tertiary/aromatic N) is 2. The number of nitrogens with two attached hydrogens (primary N) is 1. The van der Waals surface area contributed by atoms with Gasteiger partial charge in [0.1, 0.15) is 5.52 Å². The minimum atomic E-state index is -0.455. The van der Waals surface area contributed by atoms with Gasteiger partial charge in [-0.1, -0.05) is 0 Å². The summed E-state index contributed by atoms with van der Waals surface area (Å²) >= 11 is 0. The Labute approximate surface area is 121 Å². The van der Waals surface area contributed by atoms with Crippen LogP contribution in [0.3, 0.4) is 0 Å². The van der Waals surface area contributed by atoms with Gasteiger partial charge in [-0.15, -0.1) is 0 Å². The van der Waals surface area contributed by atoms with E-state index in [1.54, 1.807) is 18.2 Å². The van der Waals surface area contributed by atoms with Crippen LogP contribution in [-0.2, 0) is 4.74 Å². The highest BCUT2D eigenvalue weighted by atomic mass is 16.5. The van der Waals surface area contributed by atoms with E-state index in [1.807, 2.05) is 0 Å². The molecule has 0 unspecified atom stereocenters. The highest BCUT2D eigenvalue weighted by molar-refractivity contribution is 5.96. The van der Waals surface area contributed by atoms with E-state index in [0.29, 0.717) is 22.7 Å². The SMILES string of the molecule is NC(=O)c1ccc2oc(N3CC4(CCCOC4)C3)nc2c1. The number of ether oxygens (including phenoxy) is 1. The fourth-order valence-corrected chi connectivity index (χ4v) is 3.26. The fourth-order valence-electron chi connectivity index (χ4n) is 3.26. The topological polar surface area (TPSA) is 81.6 Å². The average molecular weight is 287 g/mol. The van der Waals surface area contributed by atoms with Crippen LogP contribution in [0.2, 0.25) is 0 Å². The van der Waals surface area contributed by atoms with E-state index in [4.69, 9.17) is 14.9 Å². The molecule has 0 atom stereocenters. The highest BCUT2D eigenvalue weighted by Crippen LogP contribution is 2.40. The number of hydrogen-bond acceptors (Lipinski definition) is 5. The summed E-state index contributed by atoms with van der Waals surface area (Å²) in [6, 6.07) is 5.68. The van der Waals surface area contributed by atoms with Gasteiger partial charge in [-0.3, -0.25) is 4.79 Å². The Hall–Kier alpha value is -2.08. The Balaban J connectivity index is 1.56. The van der Waals surface area contributed by atoms with E-state index < -0.39 is 5.91 Å². The summed E-state index contributed by atoms with van der Waals surface area (Å²) in [5, 5.41) is 0. The molecule has 3 heterocycles. The van der Waals surface area contributed by atoms with Gasteiger partial charge in [0, 0.05) is 30.7 Å². The molecule has 6 nitrogen and oxygen atoms in total. The van der Waals surface area contributed by atoms with E-state index >= 15 is 0 Å². The van der Waals surface area contributed by atoms with Crippen molar-refractivity contribution in [3.8, 4) is 0 Å². The molecule has 2 fully saturated rings. The van der Waals surface area contributed by atoms with Crippen molar-refractivity contribution in [1.82, 2.24) is 4.98 Å². The Morgan fingerprint density at radius 3 is 2.95 bits per heavy atom. The van der Waals surface area contributed by atoms with E-state index in [0.717, 1.165) is 32.7 Å². The number of benzene rings is 1. The van der Waals surface area contributed by atoms with Crippen molar-refractivity contribution in [3.05, 3.63) is 23.8 Å². The summed E-state index contributed by atoms with van der Waals surface area (Å²) in [4.78, 5) is 17.8. The number of aromatic nitrogens is 1. The van der Waals surface area contributed by atoms with Crippen LogP contribution in [0.25, 0.3) is 11.1 Å². The van der Waals surface area contributed by atoms with Crippen molar-refractivity contribution in [2.75, 3.05) is 31.2 Å². The zero-order valence-corrected chi connectivity index (χ0v) is 11.7. The van der Waals surface area contributed by atoms with Crippen molar-refractivity contribution >= 4 is 23.0 Å². The second kappa shape index (κ2) is 4.46. The Bertz CT molecular complexity index is 695. The predicted molar refractivity (Wildman–Crippen MR) is 77.2 cm³/mol. The molecule has 4 rings (SSSR count). The summed E-state index contributed by atoms with van der Waals surface area (Å²) < 4.78 is 11.3. The first kappa shape index (κ1) is 12.6. The molecule has 2 aliphatic rings. The lowest BCUT2D eigenvalue weighted by Gasteiger charge is -2.51. The molecular weight excluding hydrogens is 270 g/mol. The number of oxazole rings is 1. The first-order chi connectivity index (χ1) is 10.2. The summed E-state index contributed by atoms with van der Waals surface area (Å²) in [6.07, 6.45) is 2.33. The van der Waals surface area contributed by atoms with Gasteiger partial charge in [0.2, 0.25) is 5.91 Å². The van der Waals surface area contributed by atoms with Crippen molar-refractivity contribution in [3.63, 3.8) is 0 Å². The second-order valence-electron chi connectivity index (χ2n) is 6.06. The first-order valence-corrected chi connectivity index (χ1v) is 7.18. The maximum atomic E-state index is 11.2. The molecule has 0 radical (unpaired) electrons. The molecule has 0 aliphatic carbocycles. The van der Waals surface area contributed by atoms with Gasteiger partial charge in [0.05, 0.1) is 6.61 Å². The number of hydrogen-bond donors (Lipinski definition) is 1. The van der Waals surface area contributed by atoms with Crippen LogP contribution < -0.4 is 10.6 Å². The van der Waals surface area contributed by atoms with Crippen LogP contribution in [0, 0.1) is 5.41 Å². The van der Waals surface area contributed by atoms with Gasteiger partial charge in [-0.2, -0.15) is 4.98 Å². The van der Waals surface area contributed by atoms with Crippen LogP contribution in [0.15, 0.2) is 22.6 Å². The summed E-state index contributed by atoms with van der Waals surface area (Å²) in [5.74, 6) is -0.455. The standard InChI is InChI=1S/C15H17N3O3/c16-13(19)10-2-3-12-11(6-10)17-14(21-12)18-7-15(8-18)4-1-5-20-9-15/h2-3,6H,1,4-5,7-9H2,(H2,16,19). The van der Waals surface area contributed by atoms with Gasteiger partial charge in [-0.05, 0) is 31.0 Å². The third kappa shape index (κ3) is 2.06. The number of anilines is 1. The second-order valence-corrected chi connectivity index (χ2v) is 6.06. The zero-order valence-electron chi connectivity index (χ0n) is 11.7. The van der Waals surface area contributed by atoms with Crippen molar-refractivity contribution in [2.24, 2.45) is 11.1 Å². The lowest BCUT2D eigenvalue weighted by molar-refractivity contribution is -0.0249. The molecule has 2 aliphatic heterocycles. The quantitative estimate of drug-likeness (QED) is 0.906. The van der Waals surface area contributed by atoms with Crippen LogP contribution in [0.4, 0.5) is 6.01 Å². The van der Waals surface area contributed by atoms with E-state index in [2.05, 4.69) is 9.88 Å². The van der Waals surface area contributed by atoms with Crippen molar-refractivity contribution in [1.29, 1.82) is 0 Å². The predicted octanol–water partition coefficient (Wildman–Crippen LogP) is 1.54. The monoisotopic (exact) mass is 287 g/mol. The molecule has 0 saturated carbocycles. The van der Waals surface area contributed by atoms with Gasteiger partial charge in [0.15, 0.2) is 5.58 Å². The van der Waals surface area contributed by atoms with E-state index in [9.17, 15) is 4.79 Å². The fraction of sp³-hybridized carbons (Fsp3) is 0.467. The number of carbonyl (C=O) groups is 1. The number of rotatable bonds is 2. The van der Waals surface area contributed by atoms with Crippen molar-refractivity contribution < 1.29 is 13.9 Å². The molecule has 1 spiro atoms. The maximum absolute atomic E-state index is 11.2. The Kier molecular flexibility index (Phi) is 2.68. The molecule has 1 aromatic heterocycles. The molecule has 0 bridgehead atoms. The smallest absolute Gasteiger partial charge is 0.298 e. The number of carbonyl (C=O) groups excluding carboxylic acids is 1. The summed E-state index contributed by atoms with van der Waals surface area (Å²) in [6.45, 7) is 3.54. The number of fused-ring (bicyclic) bond motifs is 1. The molecule has 6 heteroatoms. The van der Waals surface area contributed by atoms with E-state index in [1.165, 1.54) is 6.42 Å². The first-order valence-electron chi connectivity index (χ1n) is 7.18. The van der Waals surface area contributed by atoms with Crippen LogP contribution >= 0.6 is 0 Å². The highest BCUT2D eigenvalue weighted by Gasteiger charge is 2.45. The van der Waals surface area contributed by atoms with Gasteiger partial charge < -0.3 is 19.8 Å². The average Bonchev–Trinajstić information content (AvgIpc) is 2.87.